The number of carboxylic acids is 1. The van der Waals surface area contributed by atoms with E-state index in [1.807, 2.05) is 0 Å². The normalized spacial score (nSPS) is 11.9. The van der Waals surface area contributed by atoms with Crippen LogP contribution in [0, 0.1) is 0 Å². The number of rotatable bonds is 14. The third-order valence-electron chi connectivity index (χ3n) is 8.85. The van der Waals surface area contributed by atoms with Crippen LogP contribution >= 0.6 is 0 Å². The Balaban J connectivity index is 0.00000173. The van der Waals surface area contributed by atoms with Gasteiger partial charge in [0.05, 0.1) is 33.2 Å². The van der Waals surface area contributed by atoms with Crippen LogP contribution in [0.1, 0.15) is 33.1 Å². The minimum absolute atomic E-state index is 0.00329. The van der Waals surface area contributed by atoms with Gasteiger partial charge in [-0.05, 0) is 83.9 Å². The molecule has 0 aliphatic carbocycles. The van der Waals surface area contributed by atoms with Gasteiger partial charge in [-0.1, -0.05) is 54.6 Å². The SMILES string of the molecule is O=C(O)c1cccc(Nc2nc(Cc3ccc(N=Nc4cc(S(=O)(=O)O)c5cccc(S(=O)(=O)O)c5c4)cc3)nc(Cc3ccc(N=Nc4ccccc4)cc3S(=O)(=O)O)n2)c1.O=S(=O)=O. The maximum absolute atomic E-state index is 12.6. The highest BCUT2D eigenvalue weighted by molar-refractivity contribution is 7.86. The number of carboxylic acid groups (broad SMARTS) is 1. The molecule has 0 aliphatic heterocycles. The molecule has 1 heterocycles. The Morgan fingerprint density at radius 2 is 1.08 bits per heavy atom. The van der Waals surface area contributed by atoms with E-state index >= 15 is 0 Å². The number of hydrogen-bond acceptors (Lipinski definition) is 18. The van der Waals surface area contributed by atoms with Crippen molar-refractivity contribution in [3.8, 4) is 0 Å². The fourth-order valence-electron chi connectivity index (χ4n) is 6.10. The number of aromatic nitrogens is 3. The predicted octanol–water partition coefficient (Wildman–Crippen LogP) is 7.22. The summed E-state index contributed by atoms with van der Waals surface area (Å²) in [6.07, 6.45) is -0.120. The second kappa shape index (κ2) is 20.1. The molecule has 26 heteroatoms. The van der Waals surface area contributed by atoms with Crippen LogP contribution in [-0.2, 0) is 53.8 Å². The van der Waals surface area contributed by atoms with Gasteiger partial charge in [0, 0.05) is 29.3 Å². The lowest BCUT2D eigenvalue weighted by Gasteiger charge is -2.12. The fourth-order valence-corrected chi connectivity index (χ4v) is 8.26. The lowest BCUT2D eigenvalue weighted by atomic mass is 10.1. The van der Waals surface area contributed by atoms with E-state index in [1.54, 1.807) is 60.7 Å². The van der Waals surface area contributed by atoms with Crippen molar-refractivity contribution in [3.05, 3.63) is 156 Å². The van der Waals surface area contributed by atoms with Crippen molar-refractivity contribution >= 4 is 92.1 Å². The van der Waals surface area contributed by atoms with Crippen LogP contribution in [0.25, 0.3) is 10.8 Å². The Labute approximate surface area is 375 Å². The summed E-state index contributed by atoms with van der Waals surface area (Å²) in [7, 11) is -17.6. The van der Waals surface area contributed by atoms with Gasteiger partial charge in [-0.2, -0.15) is 55.7 Å². The van der Waals surface area contributed by atoms with Crippen molar-refractivity contribution in [1.82, 2.24) is 15.0 Å². The summed E-state index contributed by atoms with van der Waals surface area (Å²) in [6.45, 7) is 0. The number of benzene rings is 6. The summed E-state index contributed by atoms with van der Waals surface area (Å²) in [5.41, 5.74) is 1.88. The maximum atomic E-state index is 12.6. The minimum atomic E-state index is -4.87. The van der Waals surface area contributed by atoms with Gasteiger partial charge in [0.15, 0.2) is 0 Å². The van der Waals surface area contributed by atoms with E-state index in [1.165, 1.54) is 54.6 Å². The molecule has 7 rings (SSSR count). The van der Waals surface area contributed by atoms with E-state index in [2.05, 4.69) is 40.7 Å². The van der Waals surface area contributed by atoms with Crippen molar-refractivity contribution in [2.24, 2.45) is 20.5 Å². The fraction of sp³-hybridized carbons (Fsp3) is 0.0500. The number of nitrogens with zero attached hydrogens (tertiary/aromatic N) is 7. The number of carbonyl (C=O) groups is 1. The van der Waals surface area contributed by atoms with Gasteiger partial charge in [-0.15, -0.1) is 12.6 Å². The van der Waals surface area contributed by atoms with Crippen molar-refractivity contribution in [3.63, 3.8) is 0 Å². The molecule has 7 aromatic rings. The molecule has 0 aliphatic rings. The highest BCUT2D eigenvalue weighted by atomic mass is 32.2. The minimum Gasteiger partial charge on any atom is -0.478 e. The summed E-state index contributed by atoms with van der Waals surface area (Å²) >= 11 is 0. The molecule has 6 aromatic carbocycles. The third kappa shape index (κ3) is 13.0. The largest absolute Gasteiger partial charge is 0.478 e. The Hall–Kier alpha value is -7.59. The summed E-state index contributed by atoms with van der Waals surface area (Å²) < 4.78 is 129. The Bertz CT molecular complexity index is 3520. The van der Waals surface area contributed by atoms with Crippen molar-refractivity contribution in [2.45, 2.75) is 27.5 Å². The number of aromatic carboxylic acids is 1. The first-order valence-corrected chi connectivity index (χ1v) is 23.6. The van der Waals surface area contributed by atoms with Crippen LogP contribution < -0.4 is 5.32 Å². The second-order valence-electron chi connectivity index (χ2n) is 13.5. The number of hydrogen-bond donors (Lipinski definition) is 5. The van der Waals surface area contributed by atoms with Gasteiger partial charge in [0.25, 0.3) is 30.4 Å². The van der Waals surface area contributed by atoms with Crippen LogP contribution in [-0.4, -0.2) is 77.6 Å². The molecular formula is C40H30N8O14S4. The molecule has 22 nitrogen and oxygen atoms in total. The molecule has 1 aromatic heterocycles. The topological polar surface area (TPSA) is 352 Å². The van der Waals surface area contributed by atoms with E-state index < -0.39 is 61.6 Å². The summed E-state index contributed by atoms with van der Waals surface area (Å²) in [6, 6.07) is 30.9. The van der Waals surface area contributed by atoms with E-state index in [-0.39, 0.29) is 69.4 Å². The van der Waals surface area contributed by atoms with E-state index in [0.717, 1.165) is 12.1 Å². The highest BCUT2D eigenvalue weighted by Crippen LogP contribution is 2.34. The molecule has 66 heavy (non-hydrogen) atoms. The highest BCUT2D eigenvalue weighted by Gasteiger charge is 2.22. The second-order valence-corrected chi connectivity index (χ2v) is 18.1. The molecule has 338 valence electrons. The standard InChI is InChI=1S/C40H30N8O11S3.O3S/c49-39(50)26-6-4-9-29(19-26)41-40-43-37(42-38(44-40)20-25-14-17-30(22-35(25)61(54,55)56)47-45-27-7-2-1-3-8-27)18-24-12-15-28(16-13-24)46-48-31-21-33-32(36(23-31)62(57,58)59)10-5-11-34(33)60(51,52)53;1-4(2)3/h1-17,19,21-23H,18,20H2,(H,49,50)(H,51,52,53)(H,54,55,56)(H,57,58,59)(H,41,42,43,44);. The molecule has 0 unspecified atom stereocenters. The van der Waals surface area contributed by atoms with Crippen LogP contribution in [0.15, 0.2) is 163 Å². The molecule has 0 radical (unpaired) electrons. The van der Waals surface area contributed by atoms with E-state index in [4.69, 9.17) is 12.6 Å². The smallest absolute Gasteiger partial charge is 0.425 e. The average Bonchev–Trinajstić information content (AvgIpc) is 3.24. The molecule has 0 amide bonds. The zero-order valence-corrected chi connectivity index (χ0v) is 36.4. The molecule has 0 saturated carbocycles. The molecule has 0 saturated heterocycles. The van der Waals surface area contributed by atoms with Gasteiger partial charge in [-0.3, -0.25) is 13.7 Å². The summed E-state index contributed by atoms with van der Waals surface area (Å²) in [5.74, 6) is -0.884. The average molecular weight is 975 g/mol. The van der Waals surface area contributed by atoms with Crippen LogP contribution in [0.4, 0.5) is 34.4 Å². The first kappa shape index (κ1) is 47.9. The van der Waals surface area contributed by atoms with Gasteiger partial charge in [0.1, 0.15) is 21.4 Å². The van der Waals surface area contributed by atoms with Crippen molar-refractivity contribution in [1.29, 1.82) is 0 Å². The Morgan fingerprint density at radius 3 is 1.70 bits per heavy atom. The molecular weight excluding hydrogens is 945 g/mol. The monoisotopic (exact) mass is 974 g/mol. The Kier molecular flexibility index (Phi) is 14.6. The van der Waals surface area contributed by atoms with Crippen LogP contribution in [0.2, 0.25) is 0 Å². The van der Waals surface area contributed by atoms with Crippen LogP contribution in [0.5, 0.6) is 0 Å². The molecule has 0 bridgehead atoms. The zero-order chi connectivity index (χ0) is 47.8. The number of azo groups is 2. The lowest BCUT2D eigenvalue weighted by Crippen LogP contribution is -2.11. The quantitative estimate of drug-likeness (QED) is 0.0530. The summed E-state index contributed by atoms with van der Waals surface area (Å²) in [5, 5.41) is 28.4. The molecule has 0 atom stereocenters. The molecule has 5 N–H and O–H groups in total. The first-order valence-electron chi connectivity index (χ1n) is 18.3. The van der Waals surface area contributed by atoms with E-state index in [9.17, 15) is 48.8 Å². The van der Waals surface area contributed by atoms with Gasteiger partial charge < -0.3 is 10.4 Å². The van der Waals surface area contributed by atoms with Gasteiger partial charge >= 0.3 is 16.6 Å². The van der Waals surface area contributed by atoms with Gasteiger partial charge in [-0.25, -0.2) is 9.78 Å². The number of fused-ring (bicyclic) bond motifs is 1. The summed E-state index contributed by atoms with van der Waals surface area (Å²) in [4.78, 5) is 23.5. The number of anilines is 2. The first-order chi connectivity index (χ1) is 31.1. The lowest BCUT2D eigenvalue weighted by molar-refractivity contribution is 0.0696. The number of nitrogens with one attached hydrogen (secondary N) is 1. The maximum Gasteiger partial charge on any atom is 0.425 e. The Morgan fingerprint density at radius 1 is 0.530 bits per heavy atom. The molecule has 0 spiro atoms. The van der Waals surface area contributed by atoms with Crippen molar-refractivity contribution < 1.29 is 61.4 Å². The van der Waals surface area contributed by atoms with Crippen molar-refractivity contribution in [2.75, 3.05) is 5.32 Å². The zero-order valence-electron chi connectivity index (χ0n) is 33.2. The van der Waals surface area contributed by atoms with E-state index in [0.29, 0.717) is 16.9 Å². The van der Waals surface area contributed by atoms with Gasteiger partial charge in [0.2, 0.25) is 5.95 Å². The third-order valence-corrected chi connectivity index (χ3v) is 11.6. The van der Waals surface area contributed by atoms with Crippen LogP contribution in [0.3, 0.4) is 0 Å². The predicted molar refractivity (Wildman–Crippen MR) is 233 cm³/mol. The molecule has 0 fully saturated rings.